The Morgan fingerprint density at radius 1 is 1.12 bits per heavy atom. The van der Waals surface area contributed by atoms with Crippen LogP contribution in [0.4, 0.5) is 5.69 Å². The Morgan fingerprint density at radius 3 is 2.88 bits per heavy atom. The fourth-order valence-corrected chi connectivity index (χ4v) is 3.86. The monoisotopic (exact) mass is 354 g/mol. The number of anilines is 1. The molecule has 3 aromatic rings. The van der Waals surface area contributed by atoms with Gasteiger partial charge in [0.1, 0.15) is 12.2 Å². The molecule has 5 heterocycles. The highest BCUT2D eigenvalue weighted by atomic mass is 16.5. The van der Waals surface area contributed by atoms with Gasteiger partial charge in [-0.1, -0.05) is 0 Å². The van der Waals surface area contributed by atoms with E-state index in [4.69, 9.17) is 14.8 Å². The minimum absolute atomic E-state index is 0.442. The molecule has 0 N–H and O–H groups in total. The molecule has 0 atom stereocenters. The van der Waals surface area contributed by atoms with Gasteiger partial charge in [0, 0.05) is 38.6 Å². The fourth-order valence-electron chi connectivity index (χ4n) is 3.86. The molecular formula is C17H22N8O. The lowest BCUT2D eigenvalue weighted by atomic mass is 10.00. The quantitative estimate of drug-likeness (QED) is 0.678. The number of ether oxygens (including phenoxy) is 1. The van der Waals surface area contributed by atoms with Crippen molar-refractivity contribution in [1.29, 1.82) is 0 Å². The summed E-state index contributed by atoms with van der Waals surface area (Å²) in [6, 6.07) is 2.08. The van der Waals surface area contributed by atoms with Crippen molar-refractivity contribution in [3.05, 3.63) is 29.7 Å². The van der Waals surface area contributed by atoms with Gasteiger partial charge < -0.3 is 9.64 Å². The van der Waals surface area contributed by atoms with Crippen LogP contribution in [0.1, 0.15) is 36.1 Å². The second-order valence-corrected chi connectivity index (χ2v) is 7.00. The van der Waals surface area contributed by atoms with Crippen LogP contribution in [0.25, 0.3) is 5.65 Å². The molecule has 3 aromatic heterocycles. The Kier molecular flexibility index (Phi) is 3.81. The highest BCUT2D eigenvalue weighted by Crippen LogP contribution is 2.26. The van der Waals surface area contributed by atoms with E-state index in [1.54, 1.807) is 10.8 Å². The molecule has 0 radical (unpaired) electrons. The van der Waals surface area contributed by atoms with E-state index in [1.807, 2.05) is 6.92 Å². The smallest absolute Gasteiger partial charge is 0.200 e. The lowest BCUT2D eigenvalue weighted by Crippen LogP contribution is -2.28. The summed E-state index contributed by atoms with van der Waals surface area (Å²) in [5.74, 6) is 2.52. The Bertz CT molecular complexity index is 901. The van der Waals surface area contributed by atoms with E-state index in [1.165, 1.54) is 0 Å². The Morgan fingerprint density at radius 2 is 2.00 bits per heavy atom. The van der Waals surface area contributed by atoms with E-state index < -0.39 is 0 Å². The average molecular weight is 354 g/mol. The number of nitrogens with zero attached hydrogens (tertiary/aromatic N) is 8. The summed E-state index contributed by atoms with van der Waals surface area (Å²) in [7, 11) is 0. The number of aromatic nitrogens is 7. The predicted molar refractivity (Wildman–Crippen MR) is 94.3 cm³/mol. The predicted octanol–water partition coefficient (Wildman–Crippen LogP) is 0.981. The first-order chi connectivity index (χ1) is 12.8. The van der Waals surface area contributed by atoms with Crippen LogP contribution in [0.3, 0.4) is 0 Å². The van der Waals surface area contributed by atoms with Crippen LogP contribution in [-0.2, 0) is 17.7 Å². The molecule has 1 saturated heterocycles. The van der Waals surface area contributed by atoms with Crippen LogP contribution in [0.2, 0.25) is 0 Å². The van der Waals surface area contributed by atoms with E-state index >= 15 is 0 Å². The molecule has 5 rings (SSSR count). The summed E-state index contributed by atoms with van der Waals surface area (Å²) >= 11 is 0. The summed E-state index contributed by atoms with van der Waals surface area (Å²) in [6.45, 7) is 6.21. The highest BCUT2D eigenvalue weighted by molar-refractivity contribution is 5.68. The molecule has 0 spiro atoms. The first kappa shape index (κ1) is 15.7. The van der Waals surface area contributed by atoms with Crippen molar-refractivity contribution >= 4 is 11.3 Å². The van der Waals surface area contributed by atoms with E-state index in [2.05, 4.69) is 30.9 Å². The maximum Gasteiger partial charge on any atom is 0.200 e. The van der Waals surface area contributed by atoms with Crippen LogP contribution in [0.15, 0.2) is 12.4 Å². The van der Waals surface area contributed by atoms with Crippen molar-refractivity contribution < 1.29 is 4.74 Å². The van der Waals surface area contributed by atoms with E-state index in [0.717, 1.165) is 80.8 Å². The second kappa shape index (κ2) is 6.31. The van der Waals surface area contributed by atoms with Gasteiger partial charge >= 0.3 is 0 Å². The van der Waals surface area contributed by atoms with Gasteiger partial charge in [-0.15, -0.1) is 10.2 Å². The van der Waals surface area contributed by atoms with Gasteiger partial charge in [0.05, 0.1) is 17.9 Å². The zero-order chi connectivity index (χ0) is 17.5. The van der Waals surface area contributed by atoms with Gasteiger partial charge in [-0.25, -0.2) is 9.67 Å². The number of fused-ring (bicyclic) bond motifs is 2. The van der Waals surface area contributed by atoms with Crippen molar-refractivity contribution in [3.63, 3.8) is 0 Å². The molecule has 0 aliphatic carbocycles. The standard InChI is InChI=1S/C17H22N8O/c1-12-10-14(17-20-18-11-25(17)21-12)23-5-2-15-19-16(22-24(15)7-6-23)13-3-8-26-9-4-13/h10-11,13H,2-9H2,1H3. The van der Waals surface area contributed by atoms with Gasteiger partial charge in [-0.05, 0) is 25.8 Å². The van der Waals surface area contributed by atoms with Crippen LogP contribution in [-0.4, -0.2) is 60.9 Å². The van der Waals surface area contributed by atoms with Gasteiger partial charge in [0.25, 0.3) is 0 Å². The van der Waals surface area contributed by atoms with Crippen LogP contribution < -0.4 is 4.90 Å². The number of hydrogen-bond donors (Lipinski definition) is 0. The van der Waals surface area contributed by atoms with Crippen LogP contribution in [0, 0.1) is 6.92 Å². The molecule has 0 bridgehead atoms. The van der Waals surface area contributed by atoms with Crippen molar-refractivity contribution in [1.82, 2.24) is 34.6 Å². The van der Waals surface area contributed by atoms with Crippen molar-refractivity contribution in [2.45, 2.75) is 38.6 Å². The van der Waals surface area contributed by atoms with Gasteiger partial charge in [0.2, 0.25) is 5.65 Å². The van der Waals surface area contributed by atoms with E-state index in [0.29, 0.717) is 5.92 Å². The lowest BCUT2D eigenvalue weighted by molar-refractivity contribution is 0.0835. The first-order valence-corrected chi connectivity index (χ1v) is 9.22. The van der Waals surface area contributed by atoms with Gasteiger partial charge in [0.15, 0.2) is 5.82 Å². The largest absolute Gasteiger partial charge is 0.381 e. The Hall–Kier alpha value is -2.55. The summed E-state index contributed by atoms with van der Waals surface area (Å²) in [4.78, 5) is 7.19. The lowest BCUT2D eigenvalue weighted by Gasteiger charge is -2.22. The second-order valence-electron chi connectivity index (χ2n) is 7.00. The molecule has 2 aliphatic heterocycles. The summed E-state index contributed by atoms with van der Waals surface area (Å²) in [5, 5.41) is 17.5. The molecule has 9 nitrogen and oxygen atoms in total. The van der Waals surface area contributed by atoms with Gasteiger partial charge in [-0.2, -0.15) is 14.7 Å². The molecule has 0 saturated carbocycles. The normalized spacial score (nSPS) is 18.9. The maximum atomic E-state index is 5.46. The maximum absolute atomic E-state index is 5.46. The third-order valence-electron chi connectivity index (χ3n) is 5.25. The number of aryl methyl sites for hydroxylation is 1. The Labute approximate surface area is 151 Å². The molecule has 2 aliphatic rings. The molecule has 26 heavy (non-hydrogen) atoms. The van der Waals surface area contributed by atoms with Crippen molar-refractivity contribution in [2.24, 2.45) is 0 Å². The first-order valence-electron chi connectivity index (χ1n) is 9.22. The van der Waals surface area contributed by atoms with Crippen LogP contribution >= 0.6 is 0 Å². The SMILES string of the molecule is Cc1cc(N2CCc3nc(C4CCOCC4)nn3CC2)c2nncn2n1. The van der Waals surface area contributed by atoms with E-state index in [9.17, 15) is 0 Å². The van der Waals surface area contributed by atoms with Crippen molar-refractivity contribution in [2.75, 3.05) is 31.2 Å². The van der Waals surface area contributed by atoms with Crippen LogP contribution in [0.5, 0.6) is 0 Å². The van der Waals surface area contributed by atoms with E-state index in [-0.39, 0.29) is 0 Å². The number of hydrogen-bond acceptors (Lipinski definition) is 7. The third-order valence-corrected chi connectivity index (χ3v) is 5.25. The average Bonchev–Trinajstić information content (AvgIpc) is 3.24. The Balaban J connectivity index is 1.39. The minimum atomic E-state index is 0.442. The minimum Gasteiger partial charge on any atom is -0.381 e. The molecule has 1 fully saturated rings. The topological polar surface area (TPSA) is 86.3 Å². The fraction of sp³-hybridized carbons (Fsp3) is 0.588. The zero-order valence-electron chi connectivity index (χ0n) is 14.9. The molecule has 0 aromatic carbocycles. The third kappa shape index (κ3) is 2.72. The molecule has 136 valence electrons. The molecule has 0 amide bonds. The highest BCUT2D eigenvalue weighted by Gasteiger charge is 2.24. The molecular weight excluding hydrogens is 332 g/mol. The summed E-state index contributed by atoms with van der Waals surface area (Å²) in [6.07, 6.45) is 4.57. The summed E-state index contributed by atoms with van der Waals surface area (Å²) < 4.78 is 9.29. The molecule has 0 unspecified atom stereocenters. The van der Waals surface area contributed by atoms with Crippen molar-refractivity contribution in [3.8, 4) is 0 Å². The number of rotatable bonds is 2. The van der Waals surface area contributed by atoms with Gasteiger partial charge in [-0.3, -0.25) is 0 Å². The summed E-state index contributed by atoms with van der Waals surface area (Å²) in [5.41, 5.74) is 2.82. The molecule has 9 heteroatoms. The zero-order valence-corrected chi connectivity index (χ0v) is 14.9.